The Morgan fingerprint density at radius 1 is 0.516 bits per heavy atom. The van der Waals surface area contributed by atoms with Gasteiger partial charge in [0, 0.05) is 19.3 Å². The fourth-order valence-electron chi connectivity index (χ4n) is 6.73. The van der Waals surface area contributed by atoms with Crippen molar-refractivity contribution in [3.8, 4) is 0 Å². The van der Waals surface area contributed by atoms with Crippen molar-refractivity contribution in [1.82, 2.24) is 0 Å². The minimum atomic E-state index is -1.13. The molecule has 0 saturated carbocycles. The minimum Gasteiger partial charge on any atom is -0.544 e. The highest BCUT2D eigenvalue weighted by Gasteiger charge is 2.25. The molecule has 0 aromatic heterocycles. The molecule has 0 amide bonds. The molecule has 0 saturated heterocycles. The van der Waals surface area contributed by atoms with Gasteiger partial charge in [-0.05, 0) is 83.5 Å². The lowest BCUT2D eigenvalue weighted by atomic mass is 10.1. The summed E-state index contributed by atoms with van der Waals surface area (Å²) in [5.74, 6) is -1.80. The van der Waals surface area contributed by atoms with Gasteiger partial charge in [0.25, 0.3) is 0 Å². The maximum absolute atomic E-state index is 12.7. The van der Waals surface area contributed by atoms with Crippen LogP contribution in [0.15, 0.2) is 85.1 Å². The summed E-state index contributed by atoms with van der Waals surface area (Å²) >= 11 is 0. The Bertz CT molecular complexity index is 1290. The smallest absolute Gasteiger partial charge is 0.306 e. The number of carboxylic acids is 1. The Labute approximate surface area is 380 Å². The van der Waals surface area contributed by atoms with E-state index in [1.165, 1.54) is 57.8 Å². The predicted molar refractivity (Wildman–Crippen MR) is 258 cm³/mol. The van der Waals surface area contributed by atoms with Crippen molar-refractivity contribution in [3.63, 3.8) is 0 Å². The van der Waals surface area contributed by atoms with E-state index in [0.717, 1.165) is 89.9 Å². The van der Waals surface area contributed by atoms with Crippen LogP contribution in [-0.2, 0) is 28.6 Å². The molecule has 0 rings (SSSR count). The van der Waals surface area contributed by atoms with Crippen LogP contribution in [-0.4, -0.2) is 75.5 Å². The third-order valence-electron chi connectivity index (χ3n) is 10.5. The number of ether oxygens (including phenoxy) is 3. The summed E-state index contributed by atoms with van der Waals surface area (Å²) in [4.78, 5) is 37.0. The SMILES string of the molecule is CC/C=C/C/C=C/C/C=C/C/C=C/C/C=C/CCCCCCCCC(=O)OCC(COCCC(C(=O)[O-])[N+](C)(C)C)OC(=O)CCCCC/C=C/C=C/CCCCCCCCC. The molecule has 0 aliphatic heterocycles. The molecule has 2 unspecified atom stereocenters. The van der Waals surface area contributed by atoms with Crippen molar-refractivity contribution in [1.29, 1.82) is 0 Å². The number of carbonyl (C=O) groups excluding carboxylic acids is 3. The molecular formula is C54H91NO7. The van der Waals surface area contributed by atoms with Crippen LogP contribution in [0.5, 0.6) is 0 Å². The van der Waals surface area contributed by atoms with E-state index < -0.39 is 18.1 Å². The van der Waals surface area contributed by atoms with Crippen LogP contribution in [0.3, 0.4) is 0 Å². The lowest BCUT2D eigenvalue weighted by Crippen LogP contribution is -2.55. The van der Waals surface area contributed by atoms with Crippen LogP contribution < -0.4 is 5.11 Å². The summed E-state index contributed by atoms with van der Waals surface area (Å²) in [5, 5.41) is 11.7. The summed E-state index contributed by atoms with van der Waals surface area (Å²) < 4.78 is 17.2. The molecule has 354 valence electrons. The number of allylic oxidation sites excluding steroid dienone is 14. The number of carbonyl (C=O) groups is 3. The zero-order chi connectivity index (χ0) is 45.6. The summed E-state index contributed by atoms with van der Waals surface area (Å²) in [6.45, 7) is 4.49. The Balaban J connectivity index is 4.35. The highest BCUT2D eigenvalue weighted by atomic mass is 16.6. The third kappa shape index (κ3) is 41.8. The average molecular weight is 866 g/mol. The van der Waals surface area contributed by atoms with Crippen molar-refractivity contribution in [3.05, 3.63) is 85.1 Å². The van der Waals surface area contributed by atoms with Crippen molar-refractivity contribution in [2.45, 2.75) is 199 Å². The number of rotatable bonds is 43. The first-order valence-electron chi connectivity index (χ1n) is 24.6. The molecule has 0 aliphatic rings. The molecule has 8 nitrogen and oxygen atoms in total. The minimum absolute atomic E-state index is 0.0207. The molecule has 0 heterocycles. The summed E-state index contributed by atoms with van der Waals surface area (Å²) in [7, 11) is 5.39. The predicted octanol–water partition coefficient (Wildman–Crippen LogP) is 12.7. The monoisotopic (exact) mass is 866 g/mol. The zero-order valence-corrected chi connectivity index (χ0v) is 40.3. The Morgan fingerprint density at radius 2 is 0.952 bits per heavy atom. The molecular weight excluding hydrogens is 775 g/mol. The van der Waals surface area contributed by atoms with Crippen LogP contribution in [0.1, 0.15) is 187 Å². The van der Waals surface area contributed by atoms with Crippen molar-refractivity contribution < 1.29 is 38.2 Å². The Morgan fingerprint density at radius 3 is 1.45 bits per heavy atom. The zero-order valence-electron chi connectivity index (χ0n) is 40.3. The van der Waals surface area contributed by atoms with Crippen molar-refractivity contribution in [2.24, 2.45) is 0 Å². The van der Waals surface area contributed by atoms with Gasteiger partial charge in [-0.25, -0.2) is 0 Å². The first-order chi connectivity index (χ1) is 30.1. The normalized spacial score (nSPS) is 13.6. The molecule has 0 aromatic carbocycles. The van der Waals surface area contributed by atoms with Crippen molar-refractivity contribution >= 4 is 17.9 Å². The fourth-order valence-corrected chi connectivity index (χ4v) is 6.73. The van der Waals surface area contributed by atoms with E-state index in [0.29, 0.717) is 12.8 Å². The number of hydrogen-bond donors (Lipinski definition) is 0. The van der Waals surface area contributed by atoms with E-state index in [2.05, 4.69) is 98.9 Å². The second-order valence-electron chi connectivity index (χ2n) is 17.3. The second kappa shape index (κ2) is 44.1. The summed E-state index contributed by atoms with van der Waals surface area (Å²) in [6, 6.07) is -0.738. The average Bonchev–Trinajstić information content (AvgIpc) is 3.23. The highest BCUT2D eigenvalue weighted by molar-refractivity contribution is 5.70. The van der Waals surface area contributed by atoms with Gasteiger partial charge < -0.3 is 28.6 Å². The van der Waals surface area contributed by atoms with Gasteiger partial charge in [-0.15, -0.1) is 0 Å². The maximum Gasteiger partial charge on any atom is 0.306 e. The fraction of sp³-hybridized carbons (Fsp3) is 0.685. The van der Waals surface area contributed by atoms with E-state index in [1.54, 1.807) is 21.1 Å². The first-order valence-corrected chi connectivity index (χ1v) is 24.6. The van der Waals surface area contributed by atoms with Gasteiger partial charge in [0.05, 0.1) is 40.3 Å². The van der Waals surface area contributed by atoms with E-state index in [1.807, 2.05) is 0 Å². The van der Waals surface area contributed by atoms with Gasteiger partial charge in [0.15, 0.2) is 6.10 Å². The number of quaternary nitrogens is 1. The standard InChI is InChI=1S/C54H91NO7/c1-6-8-10-12-14-16-18-20-22-24-25-26-27-28-29-31-32-34-36-38-40-42-44-52(56)61-49-50(48-60-47-46-51(54(58)59)55(3,4)5)62-53(57)45-43-41-39-37-35-33-30-23-21-19-17-15-13-11-9-7-2/h8,10,14,16,20,22-23,25-26,28-30,33,35,50-51H,6-7,9,11-13,15,17-19,21,24,27,31-32,34,36-49H2,1-5H3/b10-8+,16-14+,22-20+,26-25+,29-28+,30-23+,35-33+. The highest BCUT2D eigenvalue weighted by Crippen LogP contribution is 2.13. The van der Waals surface area contributed by atoms with E-state index in [4.69, 9.17) is 14.2 Å². The van der Waals surface area contributed by atoms with Gasteiger partial charge in [-0.2, -0.15) is 0 Å². The molecule has 62 heavy (non-hydrogen) atoms. The molecule has 0 spiro atoms. The molecule has 8 heteroatoms. The molecule has 0 radical (unpaired) electrons. The molecule has 0 aliphatic carbocycles. The number of carboxylic acid groups (broad SMARTS) is 1. The van der Waals surface area contributed by atoms with Crippen LogP contribution in [0, 0.1) is 0 Å². The van der Waals surface area contributed by atoms with E-state index >= 15 is 0 Å². The van der Waals surface area contributed by atoms with Crippen LogP contribution in [0.25, 0.3) is 0 Å². The van der Waals surface area contributed by atoms with Gasteiger partial charge in [-0.3, -0.25) is 9.59 Å². The third-order valence-corrected chi connectivity index (χ3v) is 10.5. The number of esters is 2. The second-order valence-corrected chi connectivity index (χ2v) is 17.3. The van der Waals surface area contributed by atoms with Crippen molar-refractivity contribution in [2.75, 3.05) is 41.0 Å². The lowest BCUT2D eigenvalue weighted by Gasteiger charge is -2.34. The summed E-state index contributed by atoms with van der Waals surface area (Å²) in [6.07, 6.45) is 57.5. The Hall–Kier alpha value is -3.49. The number of nitrogens with zero attached hydrogens (tertiary/aromatic N) is 1. The number of hydrogen-bond acceptors (Lipinski definition) is 7. The number of unbranched alkanes of at least 4 members (excludes halogenated alkanes) is 16. The quantitative estimate of drug-likeness (QED) is 0.0198. The largest absolute Gasteiger partial charge is 0.544 e. The lowest BCUT2D eigenvalue weighted by molar-refractivity contribution is -0.889. The van der Waals surface area contributed by atoms with Crippen LogP contribution in [0.4, 0.5) is 0 Å². The van der Waals surface area contributed by atoms with Gasteiger partial charge in [-0.1, -0.05) is 170 Å². The summed E-state index contributed by atoms with van der Waals surface area (Å²) in [5.41, 5.74) is 0. The molecule has 0 bridgehead atoms. The Kier molecular flexibility index (Phi) is 41.6. The topological polar surface area (TPSA) is 102 Å². The van der Waals surface area contributed by atoms with Gasteiger partial charge >= 0.3 is 11.9 Å². The van der Waals surface area contributed by atoms with Crippen LogP contribution in [0.2, 0.25) is 0 Å². The van der Waals surface area contributed by atoms with Gasteiger partial charge in [0.2, 0.25) is 0 Å². The van der Waals surface area contributed by atoms with E-state index in [-0.39, 0.29) is 49.1 Å². The van der Waals surface area contributed by atoms with Crippen LogP contribution >= 0.6 is 0 Å². The van der Waals surface area contributed by atoms with Gasteiger partial charge in [0.1, 0.15) is 12.6 Å². The van der Waals surface area contributed by atoms with E-state index in [9.17, 15) is 19.5 Å². The molecule has 0 fully saturated rings. The molecule has 2 atom stereocenters. The number of likely N-dealkylation sites (N-methyl/N-ethyl adjacent to an activating group) is 1. The maximum atomic E-state index is 12.7. The molecule has 0 N–H and O–H groups in total. The molecule has 0 aromatic rings. The first kappa shape index (κ1) is 58.5. The number of aliphatic carboxylic acids is 1.